The molecule has 3 aromatic rings. The molecule has 37 heavy (non-hydrogen) atoms. The minimum absolute atomic E-state index is 0.0498. The van der Waals surface area contributed by atoms with Gasteiger partial charge in [0.2, 0.25) is 0 Å². The maximum atomic E-state index is 14.8. The number of aromatic amines is 1. The zero-order chi connectivity index (χ0) is 26.2. The predicted octanol–water partition coefficient (Wildman–Crippen LogP) is 4.06. The molecule has 10 heteroatoms. The van der Waals surface area contributed by atoms with Gasteiger partial charge in [0.15, 0.2) is 5.96 Å². The fourth-order valence-electron chi connectivity index (χ4n) is 4.62. The maximum absolute atomic E-state index is 14.8. The Hall–Kier alpha value is -3.24. The Balaban J connectivity index is 1.32. The lowest BCUT2D eigenvalue weighted by Crippen LogP contribution is -2.38. The standard InChI is InChI=1S/C27H32BrFN6O2/c1-37-25-8-6-20(28)13-19(25)5-7-22-23(3-2-4-24(22)29)26(36)34-27(30)32-14-18-9-11-35(12-10-18)16-21-15-31-17-33-21/h2-4,6,8,13,15,17-18H,5,7,9-12,14,16H2,1H3,(H,31,33)(H3,30,32,34,36). The summed E-state index contributed by atoms with van der Waals surface area (Å²) < 4.78 is 21.1. The number of ether oxygens (including phenoxy) is 1. The summed E-state index contributed by atoms with van der Waals surface area (Å²) in [6.45, 7) is 3.35. The van der Waals surface area contributed by atoms with E-state index in [2.05, 4.69) is 41.1 Å². The third kappa shape index (κ3) is 7.39. The van der Waals surface area contributed by atoms with Gasteiger partial charge >= 0.3 is 0 Å². The highest BCUT2D eigenvalue weighted by molar-refractivity contribution is 9.10. The Bertz CT molecular complexity index is 1230. The molecule has 0 saturated carbocycles. The summed E-state index contributed by atoms with van der Waals surface area (Å²) in [4.78, 5) is 27.0. The van der Waals surface area contributed by atoms with Crippen LogP contribution in [-0.2, 0) is 19.4 Å². The van der Waals surface area contributed by atoms with Crippen molar-refractivity contribution in [1.82, 2.24) is 20.2 Å². The van der Waals surface area contributed by atoms with Gasteiger partial charge in [0.25, 0.3) is 5.91 Å². The lowest BCUT2D eigenvalue weighted by Gasteiger charge is -2.30. The molecule has 1 aliphatic heterocycles. The summed E-state index contributed by atoms with van der Waals surface area (Å²) in [7, 11) is 1.60. The molecule has 1 amide bonds. The van der Waals surface area contributed by atoms with Crippen LogP contribution < -0.4 is 15.8 Å². The van der Waals surface area contributed by atoms with Crippen LogP contribution in [0.2, 0.25) is 0 Å². The van der Waals surface area contributed by atoms with Crippen molar-refractivity contribution < 1.29 is 13.9 Å². The number of methoxy groups -OCH3 is 1. The molecule has 1 saturated heterocycles. The molecule has 4 rings (SSSR count). The van der Waals surface area contributed by atoms with Gasteiger partial charge in [-0.05, 0) is 80.6 Å². The number of nitrogens with one attached hydrogen (secondary N) is 2. The van der Waals surface area contributed by atoms with E-state index in [1.54, 1.807) is 19.5 Å². The third-order valence-corrected chi connectivity index (χ3v) is 7.16. The average molecular weight is 571 g/mol. The summed E-state index contributed by atoms with van der Waals surface area (Å²) in [6.07, 6.45) is 6.39. The van der Waals surface area contributed by atoms with E-state index in [4.69, 9.17) is 10.5 Å². The first-order chi connectivity index (χ1) is 17.9. The van der Waals surface area contributed by atoms with Gasteiger partial charge in [-0.15, -0.1) is 0 Å². The van der Waals surface area contributed by atoms with Crippen molar-refractivity contribution in [2.24, 2.45) is 16.6 Å². The normalized spacial score (nSPS) is 15.1. The topological polar surface area (TPSA) is 109 Å². The van der Waals surface area contributed by atoms with E-state index in [-0.39, 0.29) is 11.5 Å². The molecule has 0 unspecified atom stereocenters. The highest BCUT2D eigenvalue weighted by atomic mass is 79.9. The van der Waals surface area contributed by atoms with Crippen molar-refractivity contribution in [3.8, 4) is 5.75 Å². The molecule has 1 aliphatic rings. The molecular formula is C27H32BrFN6O2. The summed E-state index contributed by atoms with van der Waals surface area (Å²) >= 11 is 3.46. The van der Waals surface area contributed by atoms with E-state index in [1.165, 1.54) is 12.1 Å². The van der Waals surface area contributed by atoms with Gasteiger partial charge in [-0.25, -0.2) is 9.37 Å². The van der Waals surface area contributed by atoms with E-state index in [0.717, 1.165) is 48.2 Å². The number of aliphatic imine (C=N–C) groups is 1. The van der Waals surface area contributed by atoms with E-state index in [9.17, 15) is 9.18 Å². The molecule has 0 spiro atoms. The molecule has 2 aromatic carbocycles. The number of carbonyl (C=O) groups is 1. The summed E-state index contributed by atoms with van der Waals surface area (Å²) in [6, 6.07) is 10.2. The monoisotopic (exact) mass is 570 g/mol. The lowest BCUT2D eigenvalue weighted by atomic mass is 9.97. The number of aromatic nitrogens is 2. The second-order valence-corrected chi connectivity index (χ2v) is 10.1. The van der Waals surface area contributed by atoms with Crippen LogP contribution in [0.4, 0.5) is 4.39 Å². The van der Waals surface area contributed by atoms with Gasteiger partial charge < -0.3 is 15.5 Å². The first kappa shape index (κ1) is 26.8. The number of piperidine rings is 1. The van der Waals surface area contributed by atoms with Crippen LogP contribution in [0.3, 0.4) is 0 Å². The molecule has 1 aromatic heterocycles. The Morgan fingerprint density at radius 3 is 2.84 bits per heavy atom. The number of hydrogen-bond acceptors (Lipinski definition) is 5. The lowest BCUT2D eigenvalue weighted by molar-refractivity contribution is 0.0975. The number of imidazole rings is 1. The predicted molar refractivity (Wildman–Crippen MR) is 145 cm³/mol. The van der Waals surface area contributed by atoms with E-state index >= 15 is 0 Å². The molecule has 0 aliphatic carbocycles. The van der Waals surface area contributed by atoms with Gasteiger partial charge in [0, 0.05) is 40.6 Å². The summed E-state index contributed by atoms with van der Waals surface area (Å²) in [5.41, 5.74) is 8.64. The molecule has 1 fully saturated rings. The van der Waals surface area contributed by atoms with E-state index in [1.807, 2.05) is 24.4 Å². The quantitative estimate of drug-likeness (QED) is 0.265. The number of amides is 1. The molecule has 2 heterocycles. The number of rotatable bonds is 9. The number of likely N-dealkylation sites (tertiary alicyclic amines) is 1. The van der Waals surface area contributed by atoms with Crippen LogP contribution in [0.25, 0.3) is 0 Å². The van der Waals surface area contributed by atoms with Crippen LogP contribution in [0.1, 0.15) is 40.0 Å². The van der Waals surface area contributed by atoms with Gasteiger partial charge in [-0.1, -0.05) is 22.0 Å². The van der Waals surface area contributed by atoms with Crippen molar-refractivity contribution in [1.29, 1.82) is 0 Å². The number of hydrogen-bond donors (Lipinski definition) is 3. The van der Waals surface area contributed by atoms with Gasteiger partial charge in [0.1, 0.15) is 11.6 Å². The Morgan fingerprint density at radius 1 is 1.30 bits per heavy atom. The molecule has 0 atom stereocenters. The van der Waals surface area contributed by atoms with Crippen LogP contribution in [-0.4, -0.2) is 53.5 Å². The summed E-state index contributed by atoms with van der Waals surface area (Å²) in [5, 5.41) is 2.64. The zero-order valence-corrected chi connectivity index (χ0v) is 22.4. The van der Waals surface area contributed by atoms with E-state index in [0.29, 0.717) is 36.6 Å². The maximum Gasteiger partial charge on any atom is 0.258 e. The van der Waals surface area contributed by atoms with Gasteiger partial charge in [-0.3, -0.25) is 20.0 Å². The molecule has 8 nitrogen and oxygen atoms in total. The van der Waals surface area contributed by atoms with Crippen molar-refractivity contribution in [2.75, 3.05) is 26.7 Å². The van der Waals surface area contributed by atoms with Crippen molar-refractivity contribution in [3.63, 3.8) is 0 Å². The zero-order valence-electron chi connectivity index (χ0n) is 20.8. The Kier molecular flexibility index (Phi) is 9.29. The second-order valence-electron chi connectivity index (χ2n) is 9.20. The van der Waals surface area contributed by atoms with Crippen molar-refractivity contribution in [3.05, 3.63) is 81.6 Å². The molecular weight excluding hydrogens is 539 g/mol. The van der Waals surface area contributed by atoms with Crippen LogP contribution in [0, 0.1) is 11.7 Å². The number of nitrogens with zero attached hydrogens (tertiary/aromatic N) is 3. The van der Waals surface area contributed by atoms with Gasteiger partial charge in [0.05, 0.1) is 13.4 Å². The number of benzene rings is 2. The number of aryl methyl sites for hydroxylation is 1. The number of H-pyrrole nitrogens is 1. The van der Waals surface area contributed by atoms with Crippen molar-refractivity contribution in [2.45, 2.75) is 32.2 Å². The number of guanidine groups is 1. The minimum Gasteiger partial charge on any atom is -0.496 e. The minimum atomic E-state index is -0.466. The fourth-order valence-corrected chi connectivity index (χ4v) is 5.03. The van der Waals surface area contributed by atoms with Crippen LogP contribution in [0.5, 0.6) is 5.75 Å². The molecule has 196 valence electrons. The van der Waals surface area contributed by atoms with Crippen LogP contribution in [0.15, 0.2) is 58.4 Å². The third-order valence-electron chi connectivity index (χ3n) is 6.67. The molecule has 0 radical (unpaired) electrons. The average Bonchev–Trinajstić information content (AvgIpc) is 3.40. The Morgan fingerprint density at radius 2 is 2.11 bits per heavy atom. The number of carbonyl (C=O) groups excluding carboxylic acids is 1. The van der Waals surface area contributed by atoms with Gasteiger partial charge in [-0.2, -0.15) is 0 Å². The largest absolute Gasteiger partial charge is 0.496 e. The number of halogens is 2. The fraction of sp³-hybridized carbons (Fsp3) is 0.370. The first-order valence-corrected chi connectivity index (χ1v) is 13.1. The molecule has 0 bridgehead atoms. The highest BCUT2D eigenvalue weighted by Crippen LogP contribution is 2.26. The summed E-state index contributed by atoms with van der Waals surface area (Å²) in [5.74, 6) is 0.270. The van der Waals surface area contributed by atoms with Crippen LogP contribution >= 0.6 is 15.9 Å². The number of nitrogens with two attached hydrogens (primary N) is 1. The van der Waals surface area contributed by atoms with Crippen molar-refractivity contribution >= 4 is 27.8 Å². The SMILES string of the molecule is COc1ccc(Br)cc1CCc1c(F)cccc1C(=O)NC(N)=NCC1CCN(Cc2cnc[nH]2)CC1. The second kappa shape index (κ2) is 12.8. The first-order valence-electron chi connectivity index (χ1n) is 12.3. The smallest absolute Gasteiger partial charge is 0.258 e. The van der Waals surface area contributed by atoms with E-state index < -0.39 is 11.7 Å². The molecule has 4 N–H and O–H groups in total. The highest BCUT2D eigenvalue weighted by Gasteiger charge is 2.20. The Labute approximate surface area is 224 Å².